The van der Waals surface area contributed by atoms with E-state index >= 15 is 0 Å². The molecule has 1 aromatic carbocycles. The fourth-order valence-electron chi connectivity index (χ4n) is 2.22. The molecule has 2 unspecified atom stereocenters. The second kappa shape index (κ2) is 9.84. The Morgan fingerprint density at radius 2 is 1.87 bits per heavy atom. The minimum Gasteiger partial charge on any atom is -0.494 e. The smallest absolute Gasteiger partial charge is 0.308 e. The molecule has 6 heteroatoms. The van der Waals surface area contributed by atoms with Gasteiger partial charge in [0.05, 0.1) is 12.5 Å². The van der Waals surface area contributed by atoms with Crippen molar-refractivity contribution in [3.05, 3.63) is 29.8 Å². The number of hydrogen-bond acceptors (Lipinski definition) is 4. The van der Waals surface area contributed by atoms with Gasteiger partial charge in [-0.1, -0.05) is 19.1 Å². The number of carbonyl (C=O) groups excluding carboxylic acids is 1. The van der Waals surface area contributed by atoms with Gasteiger partial charge in [-0.3, -0.25) is 9.59 Å². The third kappa shape index (κ3) is 6.28. The van der Waals surface area contributed by atoms with Crippen molar-refractivity contribution in [2.75, 3.05) is 20.3 Å². The molecular formula is C17H25NO5. The Balaban J connectivity index is 2.61. The monoisotopic (exact) mass is 323 g/mol. The first-order chi connectivity index (χ1) is 11.0. The largest absolute Gasteiger partial charge is 0.494 e. The predicted molar refractivity (Wildman–Crippen MR) is 86.5 cm³/mol. The van der Waals surface area contributed by atoms with E-state index in [2.05, 4.69) is 5.32 Å². The zero-order chi connectivity index (χ0) is 17.2. The molecule has 0 radical (unpaired) electrons. The van der Waals surface area contributed by atoms with Crippen LogP contribution in [-0.2, 0) is 20.7 Å². The number of benzene rings is 1. The SMILES string of the molecule is CCOc1ccc(CC(CNC(=O)C(CC)OC)C(=O)O)cc1. The Morgan fingerprint density at radius 1 is 1.22 bits per heavy atom. The first kappa shape index (κ1) is 19.0. The minimum absolute atomic E-state index is 0.0707. The van der Waals surface area contributed by atoms with Crippen molar-refractivity contribution < 1.29 is 24.2 Å². The molecule has 1 aromatic rings. The van der Waals surface area contributed by atoms with Gasteiger partial charge in [-0.05, 0) is 37.5 Å². The van der Waals surface area contributed by atoms with Gasteiger partial charge in [0.25, 0.3) is 0 Å². The molecule has 0 aliphatic heterocycles. The van der Waals surface area contributed by atoms with E-state index in [0.29, 0.717) is 19.4 Å². The van der Waals surface area contributed by atoms with E-state index in [0.717, 1.165) is 11.3 Å². The van der Waals surface area contributed by atoms with Crippen molar-refractivity contribution >= 4 is 11.9 Å². The average molecular weight is 323 g/mol. The highest BCUT2D eigenvalue weighted by molar-refractivity contribution is 5.81. The molecule has 128 valence electrons. The molecule has 23 heavy (non-hydrogen) atoms. The summed E-state index contributed by atoms with van der Waals surface area (Å²) >= 11 is 0. The maximum absolute atomic E-state index is 11.9. The van der Waals surface area contributed by atoms with Gasteiger partial charge in [0.1, 0.15) is 11.9 Å². The van der Waals surface area contributed by atoms with Gasteiger partial charge in [-0.2, -0.15) is 0 Å². The maximum atomic E-state index is 11.9. The summed E-state index contributed by atoms with van der Waals surface area (Å²) in [5.74, 6) is -1.16. The van der Waals surface area contributed by atoms with Gasteiger partial charge < -0.3 is 19.9 Å². The van der Waals surface area contributed by atoms with Crippen LogP contribution >= 0.6 is 0 Å². The summed E-state index contributed by atoms with van der Waals surface area (Å²) in [6.07, 6.45) is 0.333. The molecule has 2 atom stereocenters. The molecule has 0 heterocycles. The summed E-state index contributed by atoms with van der Waals surface area (Å²) in [7, 11) is 1.46. The highest BCUT2D eigenvalue weighted by Crippen LogP contribution is 2.15. The molecule has 1 amide bonds. The third-order valence-corrected chi connectivity index (χ3v) is 3.54. The van der Waals surface area contributed by atoms with Crippen LogP contribution in [0.4, 0.5) is 0 Å². The molecule has 0 bridgehead atoms. The van der Waals surface area contributed by atoms with Crippen LogP contribution in [0.5, 0.6) is 5.75 Å². The van der Waals surface area contributed by atoms with Gasteiger partial charge >= 0.3 is 5.97 Å². The minimum atomic E-state index is -0.940. The van der Waals surface area contributed by atoms with Gasteiger partial charge in [-0.25, -0.2) is 0 Å². The summed E-state index contributed by atoms with van der Waals surface area (Å²) in [6.45, 7) is 4.39. The molecule has 1 rings (SSSR count). The van der Waals surface area contributed by atoms with Crippen LogP contribution in [0.3, 0.4) is 0 Å². The third-order valence-electron chi connectivity index (χ3n) is 3.54. The lowest BCUT2D eigenvalue weighted by Gasteiger charge is -2.17. The van der Waals surface area contributed by atoms with Crippen LogP contribution in [0.15, 0.2) is 24.3 Å². The lowest BCUT2D eigenvalue weighted by molar-refractivity contribution is -0.142. The van der Waals surface area contributed by atoms with Crippen LogP contribution in [0.25, 0.3) is 0 Å². The van der Waals surface area contributed by atoms with Crippen molar-refractivity contribution in [3.8, 4) is 5.75 Å². The van der Waals surface area contributed by atoms with E-state index in [1.54, 1.807) is 0 Å². The summed E-state index contributed by atoms with van der Waals surface area (Å²) in [6, 6.07) is 7.31. The maximum Gasteiger partial charge on any atom is 0.308 e. The average Bonchev–Trinajstić information content (AvgIpc) is 2.54. The molecule has 0 saturated carbocycles. The molecule has 0 aliphatic carbocycles. The van der Waals surface area contributed by atoms with Gasteiger partial charge in [0.15, 0.2) is 0 Å². The Kier molecular flexibility index (Phi) is 8.11. The first-order valence-corrected chi connectivity index (χ1v) is 7.76. The Bertz CT molecular complexity index is 496. The Morgan fingerprint density at radius 3 is 2.35 bits per heavy atom. The highest BCUT2D eigenvalue weighted by atomic mass is 16.5. The zero-order valence-corrected chi connectivity index (χ0v) is 13.9. The summed E-state index contributed by atoms with van der Waals surface area (Å²) < 4.78 is 10.4. The molecule has 6 nitrogen and oxygen atoms in total. The fourth-order valence-corrected chi connectivity index (χ4v) is 2.22. The van der Waals surface area contributed by atoms with Crippen LogP contribution in [0, 0.1) is 5.92 Å². The van der Waals surface area contributed by atoms with Crippen molar-refractivity contribution in [2.24, 2.45) is 5.92 Å². The number of carboxylic acid groups (broad SMARTS) is 1. The number of hydrogen-bond donors (Lipinski definition) is 2. The number of rotatable bonds is 10. The molecule has 2 N–H and O–H groups in total. The van der Waals surface area contributed by atoms with Gasteiger partial charge in [-0.15, -0.1) is 0 Å². The molecule has 0 aromatic heterocycles. The standard InChI is InChI=1S/C17H25NO5/c1-4-15(22-3)16(19)18-11-13(17(20)21)10-12-6-8-14(9-7-12)23-5-2/h6-9,13,15H,4-5,10-11H2,1-3H3,(H,18,19)(H,20,21). The lowest BCUT2D eigenvalue weighted by Crippen LogP contribution is -2.40. The van der Waals surface area contributed by atoms with Gasteiger partial charge in [0, 0.05) is 13.7 Å². The Hall–Kier alpha value is -2.08. The topological polar surface area (TPSA) is 84.9 Å². The van der Waals surface area contributed by atoms with Crippen LogP contribution in [0.2, 0.25) is 0 Å². The van der Waals surface area contributed by atoms with Gasteiger partial charge in [0.2, 0.25) is 5.91 Å². The van der Waals surface area contributed by atoms with Crippen LogP contribution in [-0.4, -0.2) is 43.3 Å². The normalized spacial score (nSPS) is 13.2. The number of carbonyl (C=O) groups is 2. The summed E-state index contributed by atoms with van der Waals surface area (Å²) in [5.41, 5.74) is 0.883. The summed E-state index contributed by atoms with van der Waals surface area (Å²) in [4.78, 5) is 23.2. The van der Waals surface area contributed by atoms with Crippen molar-refractivity contribution in [3.63, 3.8) is 0 Å². The second-order valence-electron chi connectivity index (χ2n) is 5.19. The predicted octanol–water partition coefficient (Wildman–Crippen LogP) is 1.87. The number of ether oxygens (including phenoxy) is 2. The van der Waals surface area contributed by atoms with E-state index in [4.69, 9.17) is 9.47 Å². The quantitative estimate of drug-likeness (QED) is 0.686. The van der Waals surface area contributed by atoms with Crippen LogP contribution in [0.1, 0.15) is 25.8 Å². The Labute approximate surface area is 136 Å². The van der Waals surface area contributed by atoms with E-state index in [-0.39, 0.29) is 12.5 Å². The summed E-state index contributed by atoms with van der Waals surface area (Å²) in [5, 5.41) is 12.0. The first-order valence-electron chi connectivity index (χ1n) is 7.76. The van der Waals surface area contributed by atoms with Crippen molar-refractivity contribution in [2.45, 2.75) is 32.8 Å². The van der Waals surface area contributed by atoms with E-state index in [9.17, 15) is 14.7 Å². The molecular weight excluding hydrogens is 298 g/mol. The second-order valence-corrected chi connectivity index (χ2v) is 5.19. The number of methoxy groups -OCH3 is 1. The molecule has 0 fully saturated rings. The van der Waals surface area contributed by atoms with Crippen molar-refractivity contribution in [1.82, 2.24) is 5.32 Å². The van der Waals surface area contributed by atoms with E-state index < -0.39 is 18.0 Å². The molecule has 0 aliphatic rings. The van der Waals surface area contributed by atoms with E-state index in [1.165, 1.54) is 7.11 Å². The zero-order valence-electron chi connectivity index (χ0n) is 13.9. The van der Waals surface area contributed by atoms with E-state index in [1.807, 2.05) is 38.1 Å². The highest BCUT2D eigenvalue weighted by Gasteiger charge is 2.21. The number of carboxylic acids is 1. The molecule has 0 saturated heterocycles. The number of nitrogens with one attached hydrogen (secondary N) is 1. The number of amides is 1. The van der Waals surface area contributed by atoms with Crippen molar-refractivity contribution in [1.29, 1.82) is 0 Å². The van der Waals surface area contributed by atoms with Crippen LogP contribution < -0.4 is 10.1 Å². The number of aliphatic carboxylic acids is 1. The molecule has 0 spiro atoms. The lowest BCUT2D eigenvalue weighted by atomic mass is 9.99. The fraction of sp³-hybridized carbons (Fsp3) is 0.529.